The van der Waals surface area contributed by atoms with Crippen LogP contribution in [0.15, 0.2) is 36.4 Å². The van der Waals surface area contributed by atoms with Crippen molar-refractivity contribution in [2.24, 2.45) is 41.4 Å². The fraction of sp³-hybridized carbons (Fsp3) is 0.520. The Balaban J connectivity index is 1.24. The number of nitrogens with zero attached hydrogens (tertiary/aromatic N) is 1. The summed E-state index contributed by atoms with van der Waals surface area (Å²) in [5.74, 6) is -0.324. The highest BCUT2D eigenvalue weighted by atomic mass is 16.5. The van der Waals surface area contributed by atoms with Crippen LogP contribution in [0, 0.1) is 41.4 Å². The zero-order valence-corrected chi connectivity index (χ0v) is 18.5. The van der Waals surface area contributed by atoms with Crippen LogP contribution < -0.4 is 5.32 Å². The van der Waals surface area contributed by atoms with E-state index in [1.807, 2.05) is 13.8 Å². The number of carbonyl (C=O) groups is 4. The third-order valence-corrected chi connectivity index (χ3v) is 7.40. The largest absolute Gasteiger partial charge is 0.462 e. The van der Waals surface area contributed by atoms with Crippen LogP contribution in [0.4, 0.5) is 5.69 Å². The van der Waals surface area contributed by atoms with Gasteiger partial charge in [-0.1, -0.05) is 26.0 Å². The van der Waals surface area contributed by atoms with E-state index in [1.165, 1.54) is 4.90 Å². The first-order valence-corrected chi connectivity index (χ1v) is 11.4. The highest BCUT2D eigenvalue weighted by Gasteiger charge is 2.67. The number of benzene rings is 1. The summed E-state index contributed by atoms with van der Waals surface area (Å²) < 4.78 is 5.21. The van der Waals surface area contributed by atoms with Gasteiger partial charge in [0.1, 0.15) is 6.04 Å². The lowest BCUT2D eigenvalue weighted by atomic mass is 9.63. The van der Waals surface area contributed by atoms with Crippen LogP contribution in [0.1, 0.15) is 37.6 Å². The first kappa shape index (κ1) is 20.9. The van der Waals surface area contributed by atoms with E-state index in [9.17, 15) is 19.2 Å². The molecule has 0 spiro atoms. The summed E-state index contributed by atoms with van der Waals surface area (Å²) in [5.41, 5.74) is 0.883. The van der Waals surface area contributed by atoms with Gasteiger partial charge in [-0.25, -0.2) is 4.79 Å². The average molecular weight is 437 g/mol. The van der Waals surface area contributed by atoms with Crippen LogP contribution in [-0.4, -0.2) is 41.2 Å². The SMILES string of the molecule is CC(C)COC(=O)c1ccc(NC(=O)[C@@H](C)N2C(=O)[C@H]3[C@@H]4C=C[C@H]([C@H]5C[C@H]45)[C@@H]3C2=O)cc1. The van der Waals surface area contributed by atoms with Gasteiger partial charge in [0.2, 0.25) is 17.7 Å². The molecular formula is C25H28N2O5. The average Bonchev–Trinajstić information content (AvgIpc) is 3.55. The summed E-state index contributed by atoms with van der Waals surface area (Å²) in [6.07, 6.45) is 5.34. The van der Waals surface area contributed by atoms with Gasteiger partial charge in [-0.3, -0.25) is 19.3 Å². The number of hydrogen-bond donors (Lipinski definition) is 1. The Hall–Kier alpha value is -2.96. The van der Waals surface area contributed by atoms with Crippen molar-refractivity contribution in [3.05, 3.63) is 42.0 Å². The van der Waals surface area contributed by atoms with E-state index in [0.29, 0.717) is 29.7 Å². The molecule has 7 heteroatoms. The van der Waals surface area contributed by atoms with E-state index in [2.05, 4.69) is 17.5 Å². The molecule has 2 saturated carbocycles. The van der Waals surface area contributed by atoms with Crippen molar-refractivity contribution in [2.75, 3.05) is 11.9 Å². The molecule has 4 aliphatic carbocycles. The van der Waals surface area contributed by atoms with Crippen LogP contribution in [0.25, 0.3) is 0 Å². The minimum Gasteiger partial charge on any atom is -0.462 e. The van der Waals surface area contributed by atoms with E-state index in [1.54, 1.807) is 31.2 Å². The molecule has 1 aliphatic heterocycles. The molecule has 1 saturated heterocycles. The van der Waals surface area contributed by atoms with Crippen molar-refractivity contribution in [1.29, 1.82) is 0 Å². The molecule has 0 aromatic heterocycles. The molecule has 1 N–H and O–H groups in total. The Labute approximate surface area is 187 Å². The zero-order valence-electron chi connectivity index (χ0n) is 18.5. The predicted octanol–water partition coefficient (Wildman–Crippen LogP) is 2.88. The highest BCUT2D eigenvalue weighted by Crippen LogP contribution is 2.65. The van der Waals surface area contributed by atoms with Gasteiger partial charge in [0.05, 0.1) is 24.0 Å². The van der Waals surface area contributed by atoms with E-state index in [4.69, 9.17) is 4.74 Å². The first-order chi connectivity index (χ1) is 15.3. The summed E-state index contributed by atoms with van der Waals surface area (Å²) >= 11 is 0. The summed E-state index contributed by atoms with van der Waals surface area (Å²) in [6.45, 7) is 5.85. The quantitative estimate of drug-likeness (QED) is 0.421. The van der Waals surface area contributed by atoms with Crippen LogP contribution in [0.5, 0.6) is 0 Å². The first-order valence-electron chi connectivity index (χ1n) is 11.4. The standard InChI is InChI=1S/C25H28N2O5/c1-12(2)11-32-25(31)14-4-6-15(7-5-14)26-22(28)13(3)27-23(29)20-16-8-9-17(19-10-18(16)19)21(20)24(27)30/h4-9,12-13,16-21H,10-11H2,1-3H3,(H,26,28)/t13-,16-,17-,18-,19-,20+,21+/m1/s1. The van der Waals surface area contributed by atoms with Gasteiger partial charge in [-0.2, -0.15) is 0 Å². The number of ether oxygens (including phenoxy) is 1. The lowest BCUT2D eigenvalue weighted by molar-refractivity contribution is -0.146. The molecule has 1 aromatic carbocycles. The Morgan fingerprint density at radius 1 is 1.00 bits per heavy atom. The van der Waals surface area contributed by atoms with Crippen molar-refractivity contribution in [1.82, 2.24) is 4.90 Å². The Bertz CT molecular complexity index is 978. The topological polar surface area (TPSA) is 92.8 Å². The van der Waals surface area contributed by atoms with Crippen LogP contribution in [-0.2, 0) is 19.1 Å². The van der Waals surface area contributed by atoms with Gasteiger partial charge in [0, 0.05) is 5.69 Å². The molecule has 3 amide bonds. The molecule has 5 aliphatic rings. The Morgan fingerprint density at radius 3 is 2.09 bits per heavy atom. The number of imide groups is 1. The van der Waals surface area contributed by atoms with Crippen LogP contribution in [0.3, 0.4) is 0 Å². The smallest absolute Gasteiger partial charge is 0.338 e. The van der Waals surface area contributed by atoms with E-state index < -0.39 is 17.9 Å². The summed E-state index contributed by atoms with van der Waals surface area (Å²) in [4.78, 5) is 52.5. The van der Waals surface area contributed by atoms with Gasteiger partial charge in [0.25, 0.3) is 0 Å². The predicted molar refractivity (Wildman–Crippen MR) is 116 cm³/mol. The molecule has 2 bridgehead atoms. The fourth-order valence-corrected chi connectivity index (χ4v) is 5.74. The van der Waals surface area contributed by atoms with Crippen molar-refractivity contribution in [3.63, 3.8) is 0 Å². The zero-order chi connectivity index (χ0) is 22.7. The Morgan fingerprint density at radius 2 is 1.56 bits per heavy atom. The second-order valence-electron chi connectivity index (χ2n) is 9.94. The molecule has 0 unspecified atom stereocenters. The van der Waals surface area contributed by atoms with Crippen LogP contribution in [0.2, 0.25) is 0 Å². The lowest BCUT2D eigenvalue weighted by Crippen LogP contribution is -2.46. The minimum atomic E-state index is -0.896. The molecule has 3 fully saturated rings. The number of hydrogen-bond acceptors (Lipinski definition) is 5. The van der Waals surface area contributed by atoms with Crippen molar-refractivity contribution < 1.29 is 23.9 Å². The normalized spacial score (nSPS) is 32.6. The summed E-state index contributed by atoms with van der Waals surface area (Å²) in [7, 11) is 0. The molecule has 1 heterocycles. The molecule has 6 rings (SSSR count). The van der Waals surface area contributed by atoms with Gasteiger partial charge in [-0.05, 0) is 67.2 Å². The monoisotopic (exact) mass is 436 g/mol. The summed E-state index contributed by atoms with van der Waals surface area (Å²) in [6, 6.07) is 5.49. The Kier molecular flexibility index (Phi) is 4.95. The minimum absolute atomic E-state index is 0.134. The highest BCUT2D eigenvalue weighted by molar-refractivity contribution is 6.10. The number of carbonyl (C=O) groups excluding carboxylic acids is 4. The van der Waals surface area contributed by atoms with Crippen molar-refractivity contribution in [2.45, 2.75) is 33.2 Å². The molecule has 168 valence electrons. The maximum Gasteiger partial charge on any atom is 0.338 e. The van der Waals surface area contributed by atoms with Gasteiger partial charge >= 0.3 is 5.97 Å². The third-order valence-electron chi connectivity index (χ3n) is 7.40. The number of anilines is 1. The number of likely N-dealkylation sites (tertiary alicyclic amines) is 1. The lowest BCUT2D eigenvalue weighted by Gasteiger charge is -2.37. The van der Waals surface area contributed by atoms with Gasteiger partial charge in [0.15, 0.2) is 0 Å². The van der Waals surface area contributed by atoms with E-state index in [-0.39, 0.29) is 41.4 Å². The number of esters is 1. The molecule has 7 atom stereocenters. The van der Waals surface area contributed by atoms with Crippen LogP contribution >= 0.6 is 0 Å². The fourth-order valence-electron chi connectivity index (χ4n) is 5.74. The summed E-state index contributed by atoms with van der Waals surface area (Å²) in [5, 5.41) is 2.76. The van der Waals surface area contributed by atoms with Crippen molar-refractivity contribution >= 4 is 29.4 Å². The van der Waals surface area contributed by atoms with Crippen molar-refractivity contribution in [3.8, 4) is 0 Å². The van der Waals surface area contributed by atoms with Gasteiger partial charge < -0.3 is 10.1 Å². The maximum absolute atomic E-state index is 13.2. The number of nitrogens with one attached hydrogen (secondary N) is 1. The molecular weight excluding hydrogens is 408 g/mol. The molecule has 1 aromatic rings. The second kappa shape index (κ2) is 7.57. The number of amides is 3. The molecule has 7 nitrogen and oxygen atoms in total. The number of allylic oxidation sites excluding steroid dienone is 2. The second-order valence-corrected chi connectivity index (χ2v) is 9.94. The number of rotatable bonds is 6. The molecule has 32 heavy (non-hydrogen) atoms. The van der Waals surface area contributed by atoms with E-state index >= 15 is 0 Å². The van der Waals surface area contributed by atoms with Gasteiger partial charge in [-0.15, -0.1) is 0 Å². The van der Waals surface area contributed by atoms with E-state index in [0.717, 1.165) is 6.42 Å². The third kappa shape index (κ3) is 3.26. The molecule has 0 radical (unpaired) electrons. The maximum atomic E-state index is 13.2.